The topological polar surface area (TPSA) is 62.8 Å². The summed E-state index contributed by atoms with van der Waals surface area (Å²) in [7, 11) is 3.31. The SMILES string of the molecule is CCCCN1CCN(CCCCCNc2nc(-c3ccc4ccccc4c3)nc3cc(OC)c(OC)cc23)CC1. The quantitative estimate of drug-likeness (QED) is 0.195. The van der Waals surface area contributed by atoms with Crippen molar-refractivity contribution in [1.82, 2.24) is 19.8 Å². The van der Waals surface area contributed by atoms with Crippen LogP contribution in [0.3, 0.4) is 0 Å². The Morgan fingerprint density at radius 2 is 1.45 bits per heavy atom. The highest BCUT2D eigenvalue weighted by Crippen LogP contribution is 2.35. The van der Waals surface area contributed by atoms with E-state index in [4.69, 9.17) is 19.4 Å². The van der Waals surface area contributed by atoms with E-state index < -0.39 is 0 Å². The Labute approximate surface area is 238 Å². The molecule has 1 aliphatic heterocycles. The molecule has 0 atom stereocenters. The number of nitrogens with zero attached hydrogens (tertiary/aromatic N) is 4. The number of rotatable bonds is 13. The fraction of sp³-hybridized carbons (Fsp3) is 0.455. The van der Waals surface area contributed by atoms with Crippen LogP contribution in [0, 0.1) is 0 Å². The van der Waals surface area contributed by atoms with Gasteiger partial charge in [-0.3, -0.25) is 0 Å². The van der Waals surface area contributed by atoms with Crippen molar-refractivity contribution in [3.05, 3.63) is 54.6 Å². The van der Waals surface area contributed by atoms with Crippen molar-refractivity contribution < 1.29 is 9.47 Å². The summed E-state index contributed by atoms with van der Waals surface area (Å²) in [4.78, 5) is 15.2. The molecule has 1 aromatic heterocycles. The Bertz CT molecular complexity index is 1400. The van der Waals surface area contributed by atoms with Gasteiger partial charge in [0.2, 0.25) is 0 Å². The van der Waals surface area contributed by atoms with Crippen LogP contribution >= 0.6 is 0 Å². The number of aromatic nitrogens is 2. The molecule has 0 radical (unpaired) electrons. The summed E-state index contributed by atoms with van der Waals surface area (Å²) in [6.45, 7) is 10.4. The van der Waals surface area contributed by atoms with Crippen LogP contribution in [0.2, 0.25) is 0 Å². The number of ether oxygens (including phenoxy) is 2. The number of methoxy groups -OCH3 is 2. The summed E-state index contributed by atoms with van der Waals surface area (Å²) in [5.74, 6) is 2.87. The molecule has 212 valence electrons. The number of unbranched alkanes of at least 4 members (excludes halogenated alkanes) is 3. The number of nitrogens with one attached hydrogen (secondary N) is 1. The number of fused-ring (bicyclic) bond motifs is 2. The molecule has 40 heavy (non-hydrogen) atoms. The number of benzene rings is 3. The first-order valence-electron chi connectivity index (χ1n) is 14.8. The highest BCUT2D eigenvalue weighted by atomic mass is 16.5. The molecule has 0 unspecified atom stereocenters. The smallest absolute Gasteiger partial charge is 0.162 e. The summed E-state index contributed by atoms with van der Waals surface area (Å²) in [6.07, 6.45) is 6.13. The molecule has 0 aliphatic carbocycles. The second-order valence-electron chi connectivity index (χ2n) is 10.7. The maximum absolute atomic E-state index is 5.59. The van der Waals surface area contributed by atoms with Crippen LogP contribution < -0.4 is 14.8 Å². The molecule has 1 aliphatic rings. The minimum atomic E-state index is 0.662. The monoisotopic (exact) mass is 541 g/mol. The molecule has 4 aromatic rings. The van der Waals surface area contributed by atoms with E-state index in [1.54, 1.807) is 14.2 Å². The third-order valence-corrected chi connectivity index (χ3v) is 7.95. The van der Waals surface area contributed by atoms with Gasteiger partial charge < -0.3 is 24.6 Å². The Balaban J connectivity index is 1.25. The molecule has 1 saturated heterocycles. The van der Waals surface area contributed by atoms with Gasteiger partial charge >= 0.3 is 0 Å². The lowest BCUT2D eigenvalue weighted by molar-refractivity contribution is 0.129. The van der Waals surface area contributed by atoms with E-state index in [9.17, 15) is 0 Å². The van der Waals surface area contributed by atoms with Gasteiger partial charge in [0, 0.05) is 49.7 Å². The van der Waals surface area contributed by atoms with Gasteiger partial charge in [-0.1, -0.05) is 56.2 Å². The highest BCUT2D eigenvalue weighted by Gasteiger charge is 2.16. The molecule has 0 spiro atoms. The Hall–Kier alpha value is -3.42. The van der Waals surface area contributed by atoms with Gasteiger partial charge in [-0.2, -0.15) is 0 Å². The van der Waals surface area contributed by atoms with Crippen LogP contribution in [0.5, 0.6) is 11.5 Å². The van der Waals surface area contributed by atoms with Crippen molar-refractivity contribution >= 4 is 27.5 Å². The van der Waals surface area contributed by atoms with E-state index >= 15 is 0 Å². The molecule has 0 bridgehead atoms. The second kappa shape index (κ2) is 13.8. The maximum atomic E-state index is 5.59. The van der Waals surface area contributed by atoms with Gasteiger partial charge in [-0.15, -0.1) is 0 Å². The summed E-state index contributed by atoms with van der Waals surface area (Å²) in [6, 6.07) is 18.7. The molecular formula is C33H43N5O2. The van der Waals surface area contributed by atoms with Gasteiger partial charge in [0.1, 0.15) is 5.82 Å². The third-order valence-electron chi connectivity index (χ3n) is 7.95. The molecule has 2 heterocycles. The third kappa shape index (κ3) is 6.83. The van der Waals surface area contributed by atoms with Crippen LogP contribution in [0.25, 0.3) is 33.1 Å². The summed E-state index contributed by atoms with van der Waals surface area (Å²) in [5, 5.41) is 6.93. The Kier molecular flexibility index (Phi) is 9.68. The molecule has 1 N–H and O–H groups in total. The summed E-state index contributed by atoms with van der Waals surface area (Å²) in [5.41, 5.74) is 1.82. The minimum Gasteiger partial charge on any atom is -0.493 e. The van der Waals surface area contributed by atoms with E-state index in [1.165, 1.54) is 75.7 Å². The summed E-state index contributed by atoms with van der Waals surface area (Å²) >= 11 is 0. The van der Waals surface area contributed by atoms with E-state index in [2.05, 4.69) is 64.5 Å². The van der Waals surface area contributed by atoms with Gasteiger partial charge in [0.05, 0.1) is 19.7 Å². The maximum Gasteiger partial charge on any atom is 0.162 e. The van der Waals surface area contributed by atoms with Crippen molar-refractivity contribution in [1.29, 1.82) is 0 Å². The molecule has 1 fully saturated rings. The Morgan fingerprint density at radius 3 is 2.17 bits per heavy atom. The van der Waals surface area contributed by atoms with Crippen LogP contribution in [-0.2, 0) is 0 Å². The first-order valence-corrected chi connectivity index (χ1v) is 14.8. The lowest BCUT2D eigenvalue weighted by atomic mass is 10.1. The normalized spacial score (nSPS) is 14.6. The molecule has 5 rings (SSSR count). The number of piperazine rings is 1. The van der Waals surface area contributed by atoms with Crippen molar-refractivity contribution in [2.24, 2.45) is 0 Å². The van der Waals surface area contributed by atoms with E-state index in [1.807, 2.05) is 12.1 Å². The van der Waals surface area contributed by atoms with E-state index in [0.29, 0.717) is 17.3 Å². The predicted octanol–water partition coefficient (Wildman–Crippen LogP) is 6.47. The number of anilines is 1. The van der Waals surface area contributed by atoms with Crippen LogP contribution in [0.4, 0.5) is 5.82 Å². The first-order chi connectivity index (χ1) is 19.7. The largest absolute Gasteiger partial charge is 0.493 e. The van der Waals surface area contributed by atoms with Crippen LogP contribution in [0.1, 0.15) is 39.0 Å². The van der Waals surface area contributed by atoms with Gasteiger partial charge in [-0.25, -0.2) is 9.97 Å². The molecule has 0 saturated carbocycles. The van der Waals surface area contributed by atoms with Crippen molar-refractivity contribution in [2.45, 2.75) is 39.0 Å². The van der Waals surface area contributed by atoms with Crippen LogP contribution in [-0.4, -0.2) is 79.8 Å². The fourth-order valence-electron chi connectivity index (χ4n) is 5.51. The van der Waals surface area contributed by atoms with Gasteiger partial charge in [-0.05, 0) is 55.3 Å². The lowest BCUT2D eigenvalue weighted by Crippen LogP contribution is -2.46. The zero-order valence-electron chi connectivity index (χ0n) is 24.3. The van der Waals surface area contributed by atoms with Crippen molar-refractivity contribution in [3.63, 3.8) is 0 Å². The van der Waals surface area contributed by atoms with E-state index in [0.717, 1.165) is 35.2 Å². The highest BCUT2D eigenvalue weighted by molar-refractivity contribution is 5.94. The predicted molar refractivity (Wildman–Crippen MR) is 166 cm³/mol. The minimum absolute atomic E-state index is 0.662. The number of hydrogen-bond donors (Lipinski definition) is 1. The average molecular weight is 542 g/mol. The summed E-state index contributed by atoms with van der Waals surface area (Å²) < 4.78 is 11.2. The fourth-order valence-corrected chi connectivity index (χ4v) is 5.51. The number of hydrogen-bond acceptors (Lipinski definition) is 7. The van der Waals surface area contributed by atoms with E-state index in [-0.39, 0.29) is 0 Å². The zero-order chi connectivity index (χ0) is 27.7. The first kappa shape index (κ1) is 28.1. The van der Waals surface area contributed by atoms with Crippen LogP contribution in [0.15, 0.2) is 54.6 Å². The Morgan fingerprint density at radius 1 is 0.750 bits per heavy atom. The molecule has 7 heteroatoms. The molecular weight excluding hydrogens is 498 g/mol. The molecule has 0 amide bonds. The average Bonchev–Trinajstić information content (AvgIpc) is 3.01. The van der Waals surface area contributed by atoms with Gasteiger partial charge in [0.15, 0.2) is 17.3 Å². The van der Waals surface area contributed by atoms with Gasteiger partial charge in [0.25, 0.3) is 0 Å². The zero-order valence-corrected chi connectivity index (χ0v) is 24.3. The lowest BCUT2D eigenvalue weighted by Gasteiger charge is -2.34. The van der Waals surface area contributed by atoms with Crippen molar-refractivity contribution in [3.8, 4) is 22.9 Å². The molecule has 3 aromatic carbocycles. The second-order valence-corrected chi connectivity index (χ2v) is 10.7. The standard InChI is InChI=1S/C33H43N5O2/c1-4-5-16-37-18-20-38(21-19-37)17-10-6-9-15-34-33-28-23-30(39-2)31(40-3)24-29(28)35-32(36-33)27-14-13-25-11-7-8-12-26(25)22-27/h7-8,11-14,22-24H,4-6,9-10,15-21H2,1-3H3,(H,34,35,36). The van der Waals surface area contributed by atoms with Crippen molar-refractivity contribution in [2.75, 3.05) is 65.3 Å². The molecule has 7 nitrogen and oxygen atoms in total.